The minimum Gasteiger partial charge on any atom is -0.342 e. The molecule has 0 saturated carbocycles. The van der Waals surface area contributed by atoms with E-state index in [9.17, 15) is 4.79 Å². The van der Waals surface area contributed by atoms with Gasteiger partial charge in [-0.05, 0) is 32.0 Å². The van der Waals surface area contributed by atoms with Crippen LogP contribution in [0, 0.1) is 10.8 Å². The molecule has 0 aliphatic rings. The Balaban J connectivity index is 1.87. The number of aryl methyl sites for hydroxylation is 1. The molecule has 0 aliphatic heterocycles. The van der Waals surface area contributed by atoms with E-state index >= 15 is 0 Å². The number of nitrogens with zero attached hydrogens (tertiary/aromatic N) is 6. The molecule has 0 aromatic carbocycles. The summed E-state index contributed by atoms with van der Waals surface area (Å²) in [6, 6.07) is 4.49. The second kappa shape index (κ2) is 7.40. The van der Waals surface area contributed by atoms with E-state index in [1.165, 1.54) is 10.7 Å². The molecule has 0 fully saturated rings. The van der Waals surface area contributed by atoms with Gasteiger partial charge in [-0.1, -0.05) is 11.6 Å². The molecule has 10 heteroatoms. The molecule has 3 aromatic heterocycles. The first-order valence-electron chi connectivity index (χ1n) is 7.29. The number of carbonyl (C=O) groups is 1. The SMILES string of the molecule is Cc1cc(C(=O)NC(C)c2nc(I)nn2-c2ncccn2)cc(Cl)n1. The van der Waals surface area contributed by atoms with Gasteiger partial charge in [0.15, 0.2) is 5.82 Å². The molecule has 0 saturated heterocycles. The minimum absolute atomic E-state index is 0.271. The Morgan fingerprint density at radius 2 is 2.00 bits per heavy atom. The fourth-order valence-corrected chi connectivity index (χ4v) is 2.94. The number of aromatic nitrogens is 6. The zero-order chi connectivity index (χ0) is 18.0. The van der Waals surface area contributed by atoms with Gasteiger partial charge in [0.05, 0.1) is 6.04 Å². The lowest BCUT2D eigenvalue weighted by Gasteiger charge is -2.14. The van der Waals surface area contributed by atoms with Crippen LogP contribution < -0.4 is 5.32 Å². The summed E-state index contributed by atoms with van der Waals surface area (Å²) in [5, 5.41) is 7.45. The summed E-state index contributed by atoms with van der Waals surface area (Å²) in [6.45, 7) is 3.59. The average Bonchev–Trinajstić information content (AvgIpc) is 2.97. The second-order valence-corrected chi connectivity index (χ2v) is 6.57. The van der Waals surface area contributed by atoms with Gasteiger partial charge in [-0.2, -0.15) is 4.68 Å². The normalized spacial score (nSPS) is 12.0. The van der Waals surface area contributed by atoms with E-state index in [2.05, 4.69) is 30.4 Å². The standard InChI is InChI=1S/C15H13ClIN7O/c1-8-6-10(7-11(16)20-8)13(25)21-9(2)12-22-14(17)23-24(12)15-18-4-3-5-19-15/h3-7,9H,1-2H3,(H,21,25). The molecule has 0 aliphatic carbocycles. The number of rotatable bonds is 4. The molecule has 1 atom stereocenters. The number of amides is 1. The van der Waals surface area contributed by atoms with Gasteiger partial charge in [0.1, 0.15) is 5.15 Å². The Bertz CT molecular complexity index is 895. The van der Waals surface area contributed by atoms with Crippen molar-refractivity contribution >= 4 is 40.1 Å². The molecule has 1 unspecified atom stereocenters. The number of hydrogen-bond donors (Lipinski definition) is 1. The maximum Gasteiger partial charge on any atom is 0.252 e. The molecular weight excluding hydrogens is 457 g/mol. The molecule has 0 bridgehead atoms. The third-order valence-corrected chi connectivity index (χ3v) is 3.92. The van der Waals surface area contributed by atoms with Gasteiger partial charge < -0.3 is 5.32 Å². The molecule has 3 aromatic rings. The van der Waals surface area contributed by atoms with Gasteiger partial charge in [-0.15, -0.1) is 5.10 Å². The summed E-state index contributed by atoms with van der Waals surface area (Å²) in [7, 11) is 0. The first-order chi connectivity index (χ1) is 11.9. The maximum absolute atomic E-state index is 12.5. The molecule has 0 radical (unpaired) electrons. The van der Waals surface area contributed by atoms with Crippen LogP contribution in [0.1, 0.15) is 34.8 Å². The lowest BCUT2D eigenvalue weighted by Crippen LogP contribution is -2.29. The highest BCUT2D eigenvalue weighted by molar-refractivity contribution is 14.1. The number of halogens is 2. The van der Waals surface area contributed by atoms with Gasteiger partial charge in [-0.25, -0.2) is 19.9 Å². The number of nitrogens with one attached hydrogen (secondary N) is 1. The zero-order valence-corrected chi connectivity index (χ0v) is 16.2. The Morgan fingerprint density at radius 3 is 2.68 bits per heavy atom. The predicted octanol–water partition coefficient (Wildman–Crippen LogP) is 2.51. The monoisotopic (exact) mass is 469 g/mol. The third-order valence-electron chi connectivity index (χ3n) is 3.27. The van der Waals surface area contributed by atoms with Crippen LogP contribution in [0.15, 0.2) is 30.6 Å². The lowest BCUT2D eigenvalue weighted by molar-refractivity contribution is 0.0937. The van der Waals surface area contributed by atoms with Gasteiger partial charge in [0, 0.05) is 46.2 Å². The number of pyridine rings is 1. The van der Waals surface area contributed by atoms with Crippen molar-refractivity contribution in [1.82, 2.24) is 35.0 Å². The van der Waals surface area contributed by atoms with Crippen molar-refractivity contribution < 1.29 is 4.79 Å². The summed E-state index contributed by atoms with van der Waals surface area (Å²) in [6.07, 6.45) is 3.23. The van der Waals surface area contributed by atoms with Crippen LogP contribution in [0.4, 0.5) is 0 Å². The van der Waals surface area contributed by atoms with Crippen molar-refractivity contribution in [3.63, 3.8) is 0 Å². The Labute approximate surface area is 162 Å². The fraction of sp³-hybridized carbons (Fsp3) is 0.200. The van der Waals surface area contributed by atoms with E-state index < -0.39 is 6.04 Å². The highest BCUT2D eigenvalue weighted by atomic mass is 127. The van der Waals surface area contributed by atoms with Crippen molar-refractivity contribution in [2.24, 2.45) is 0 Å². The van der Waals surface area contributed by atoms with Crippen LogP contribution in [0.3, 0.4) is 0 Å². The summed E-state index contributed by atoms with van der Waals surface area (Å²) < 4.78 is 2.04. The minimum atomic E-state index is -0.417. The number of carbonyl (C=O) groups excluding carboxylic acids is 1. The Morgan fingerprint density at radius 1 is 1.28 bits per heavy atom. The first-order valence-corrected chi connectivity index (χ1v) is 8.74. The van der Waals surface area contributed by atoms with Gasteiger partial charge in [0.25, 0.3) is 11.9 Å². The maximum atomic E-state index is 12.5. The van der Waals surface area contributed by atoms with E-state index in [1.807, 2.05) is 29.5 Å². The molecule has 128 valence electrons. The van der Waals surface area contributed by atoms with E-state index in [0.717, 1.165) is 0 Å². The summed E-state index contributed by atoms with van der Waals surface area (Å²) >= 11 is 7.92. The Kier molecular flexibility index (Phi) is 5.23. The predicted molar refractivity (Wildman–Crippen MR) is 99.5 cm³/mol. The van der Waals surface area contributed by atoms with Crippen molar-refractivity contribution in [2.45, 2.75) is 19.9 Å². The molecule has 3 rings (SSSR count). The molecule has 1 N–H and O–H groups in total. The fourth-order valence-electron chi connectivity index (χ4n) is 2.23. The quantitative estimate of drug-likeness (QED) is 0.466. The highest BCUT2D eigenvalue weighted by Gasteiger charge is 2.21. The second-order valence-electron chi connectivity index (χ2n) is 5.21. The molecular formula is C15H13ClIN7O. The molecule has 25 heavy (non-hydrogen) atoms. The van der Waals surface area contributed by atoms with Crippen molar-refractivity contribution in [3.05, 3.63) is 56.7 Å². The van der Waals surface area contributed by atoms with Gasteiger partial charge in [0.2, 0.25) is 3.83 Å². The molecule has 8 nitrogen and oxygen atoms in total. The molecule has 0 spiro atoms. The third kappa shape index (κ3) is 4.10. The first kappa shape index (κ1) is 17.7. The van der Waals surface area contributed by atoms with Crippen molar-refractivity contribution in [1.29, 1.82) is 0 Å². The van der Waals surface area contributed by atoms with E-state index in [-0.39, 0.29) is 11.1 Å². The van der Waals surface area contributed by atoms with Gasteiger partial charge >= 0.3 is 0 Å². The summed E-state index contributed by atoms with van der Waals surface area (Å²) in [5.74, 6) is 0.635. The zero-order valence-electron chi connectivity index (χ0n) is 13.3. The molecule has 1 amide bonds. The van der Waals surface area contributed by atoms with E-state index in [0.29, 0.717) is 26.9 Å². The van der Waals surface area contributed by atoms with Crippen LogP contribution in [0.5, 0.6) is 0 Å². The Hall–Kier alpha value is -2.14. The largest absolute Gasteiger partial charge is 0.342 e. The smallest absolute Gasteiger partial charge is 0.252 e. The van der Waals surface area contributed by atoms with Crippen LogP contribution >= 0.6 is 34.2 Å². The highest BCUT2D eigenvalue weighted by Crippen LogP contribution is 2.16. The van der Waals surface area contributed by atoms with Crippen molar-refractivity contribution in [3.8, 4) is 5.95 Å². The average molecular weight is 470 g/mol. The van der Waals surface area contributed by atoms with Gasteiger partial charge in [-0.3, -0.25) is 4.79 Å². The van der Waals surface area contributed by atoms with Crippen LogP contribution in [0.25, 0.3) is 5.95 Å². The van der Waals surface area contributed by atoms with Crippen molar-refractivity contribution in [2.75, 3.05) is 0 Å². The topological polar surface area (TPSA) is 98.5 Å². The molecule has 3 heterocycles. The van der Waals surface area contributed by atoms with Crippen LogP contribution in [-0.2, 0) is 0 Å². The number of hydrogen-bond acceptors (Lipinski definition) is 6. The van der Waals surface area contributed by atoms with Crippen LogP contribution in [-0.4, -0.2) is 35.6 Å². The summed E-state index contributed by atoms with van der Waals surface area (Å²) in [5.41, 5.74) is 1.10. The lowest BCUT2D eigenvalue weighted by atomic mass is 10.2. The van der Waals surface area contributed by atoms with E-state index in [1.54, 1.807) is 31.5 Å². The van der Waals surface area contributed by atoms with Crippen LogP contribution in [0.2, 0.25) is 5.15 Å². The van der Waals surface area contributed by atoms with E-state index in [4.69, 9.17) is 11.6 Å². The summed E-state index contributed by atoms with van der Waals surface area (Å²) in [4.78, 5) is 29.3.